The quantitative estimate of drug-likeness (QED) is 0.282. The van der Waals surface area contributed by atoms with Crippen LogP contribution in [0.3, 0.4) is 0 Å². The number of hydrogen-bond acceptors (Lipinski definition) is 8. The molecule has 3 aromatic rings. The lowest BCUT2D eigenvalue weighted by Gasteiger charge is -2.11. The second-order valence-electron chi connectivity index (χ2n) is 8.15. The van der Waals surface area contributed by atoms with Crippen molar-refractivity contribution in [1.29, 1.82) is 0 Å². The van der Waals surface area contributed by atoms with Gasteiger partial charge in [0, 0.05) is 16.4 Å². The van der Waals surface area contributed by atoms with E-state index >= 15 is 0 Å². The molecule has 11 heteroatoms. The van der Waals surface area contributed by atoms with Gasteiger partial charge in [-0.25, -0.2) is 4.79 Å². The number of thioether (sulfide) groups is 1. The number of thiophene rings is 1. The van der Waals surface area contributed by atoms with Crippen LogP contribution < -0.4 is 10.1 Å². The van der Waals surface area contributed by atoms with Gasteiger partial charge in [-0.05, 0) is 55.5 Å². The van der Waals surface area contributed by atoms with Crippen LogP contribution in [0, 0.1) is 0 Å². The van der Waals surface area contributed by atoms with E-state index in [-0.39, 0.29) is 18.3 Å². The Morgan fingerprint density at radius 3 is 2.63 bits per heavy atom. The van der Waals surface area contributed by atoms with Crippen LogP contribution in [0.2, 0.25) is 0 Å². The van der Waals surface area contributed by atoms with Crippen molar-refractivity contribution in [1.82, 2.24) is 14.8 Å². The smallest absolute Gasteiger partial charge is 0.341 e. The minimum absolute atomic E-state index is 0.142. The SMILES string of the molecule is COC(=O)c1c(NC(=O)CSc2nnc(COc3ccc(Br)cc3)n2C)sc2c1CCCCCC2. The largest absolute Gasteiger partial charge is 0.486 e. The van der Waals surface area contributed by atoms with Gasteiger partial charge in [0.25, 0.3) is 0 Å². The Kier molecular flexibility index (Phi) is 8.85. The number of nitrogens with one attached hydrogen (secondary N) is 1. The Balaban J connectivity index is 1.38. The molecule has 0 radical (unpaired) electrons. The lowest BCUT2D eigenvalue weighted by molar-refractivity contribution is -0.113. The summed E-state index contributed by atoms with van der Waals surface area (Å²) in [6.45, 7) is 0.265. The van der Waals surface area contributed by atoms with Gasteiger partial charge in [0.2, 0.25) is 5.91 Å². The van der Waals surface area contributed by atoms with Crippen molar-refractivity contribution < 1.29 is 19.1 Å². The van der Waals surface area contributed by atoms with Gasteiger partial charge in [0.1, 0.15) is 17.4 Å². The molecule has 0 atom stereocenters. The van der Waals surface area contributed by atoms with Gasteiger partial charge >= 0.3 is 5.97 Å². The molecule has 2 heterocycles. The molecule has 2 aromatic heterocycles. The zero-order valence-corrected chi connectivity index (χ0v) is 22.9. The molecule has 0 bridgehead atoms. The average molecular weight is 580 g/mol. The number of benzene rings is 1. The van der Waals surface area contributed by atoms with E-state index in [0.717, 1.165) is 47.9 Å². The molecule has 186 valence electrons. The van der Waals surface area contributed by atoms with Crippen LogP contribution in [0.4, 0.5) is 5.00 Å². The van der Waals surface area contributed by atoms with Gasteiger partial charge in [-0.15, -0.1) is 21.5 Å². The minimum Gasteiger partial charge on any atom is -0.486 e. The third-order valence-corrected chi connectivity index (χ3v) is 8.51. The molecule has 8 nitrogen and oxygen atoms in total. The van der Waals surface area contributed by atoms with Crippen molar-refractivity contribution in [3.8, 4) is 5.75 Å². The van der Waals surface area contributed by atoms with Crippen molar-refractivity contribution >= 4 is 55.9 Å². The van der Waals surface area contributed by atoms with Crippen LogP contribution in [0.5, 0.6) is 5.75 Å². The summed E-state index contributed by atoms with van der Waals surface area (Å²) in [5.74, 6) is 0.931. The summed E-state index contributed by atoms with van der Waals surface area (Å²) in [5, 5.41) is 12.5. The number of esters is 1. The molecule has 0 spiro atoms. The summed E-state index contributed by atoms with van der Waals surface area (Å²) in [4.78, 5) is 26.5. The summed E-state index contributed by atoms with van der Waals surface area (Å²) >= 11 is 6.18. The monoisotopic (exact) mass is 578 g/mol. The number of aryl methyl sites for hydroxylation is 1. The predicted molar refractivity (Wildman–Crippen MR) is 140 cm³/mol. The first-order valence-electron chi connectivity index (χ1n) is 11.4. The second kappa shape index (κ2) is 12.0. The van der Waals surface area contributed by atoms with Crippen LogP contribution in [0.15, 0.2) is 33.9 Å². The Hall–Kier alpha value is -2.37. The molecule has 1 aliphatic carbocycles. The summed E-state index contributed by atoms with van der Waals surface area (Å²) in [5.41, 5.74) is 1.55. The van der Waals surface area contributed by atoms with Crippen molar-refractivity contribution in [2.24, 2.45) is 7.05 Å². The van der Waals surface area contributed by atoms with E-state index in [1.165, 1.54) is 41.5 Å². The highest BCUT2D eigenvalue weighted by atomic mass is 79.9. The molecular weight excluding hydrogens is 552 g/mol. The van der Waals surface area contributed by atoms with Crippen LogP contribution in [0.25, 0.3) is 0 Å². The van der Waals surface area contributed by atoms with Crippen molar-refractivity contribution in [3.05, 3.63) is 50.6 Å². The van der Waals surface area contributed by atoms with Gasteiger partial charge in [-0.2, -0.15) is 0 Å². The molecule has 0 aliphatic heterocycles. The number of rotatable bonds is 8. The third-order valence-electron chi connectivity index (χ3n) is 5.75. The highest BCUT2D eigenvalue weighted by molar-refractivity contribution is 9.10. The van der Waals surface area contributed by atoms with Gasteiger partial charge in [-0.1, -0.05) is 40.5 Å². The molecule has 4 rings (SSSR count). The second-order valence-corrected chi connectivity index (χ2v) is 11.1. The van der Waals surface area contributed by atoms with E-state index in [2.05, 4.69) is 31.4 Å². The molecule has 0 unspecified atom stereocenters. The third kappa shape index (κ3) is 6.45. The van der Waals surface area contributed by atoms with Crippen molar-refractivity contribution in [3.63, 3.8) is 0 Å². The Bertz CT molecular complexity index is 1190. The number of methoxy groups -OCH3 is 1. The van der Waals surface area contributed by atoms with E-state index in [4.69, 9.17) is 9.47 Å². The van der Waals surface area contributed by atoms with Crippen LogP contribution in [0.1, 0.15) is 52.3 Å². The number of anilines is 1. The Morgan fingerprint density at radius 1 is 1.14 bits per heavy atom. The fourth-order valence-electron chi connectivity index (χ4n) is 3.89. The molecule has 1 N–H and O–H groups in total. The lowest BCUT2D eigenvalue weighted by Crippen LogP contribution is -2.16. The number of carbonyl (C=O) groups excluding carboxylic acids is 2. The first-order chi connectivity index (χ1) is 17.0. The van der Waals surface area contributed by atoms with E-state index in [9.17, 15) is 9.59 Å². The zero-order chi connectivity index (χ0) is 24.8. The Morgan fingerprint density at radius 2 is 1.89 bits per heavy atom. The maximum absolute atomic E-state index is 12.8. The fourth-order valence-corrected chi connectivity index (χ4v) is 6.18. The van der Waals surface area contributed by atoms with E-state index in [1.54, 1.807) is 0 Å². The Labute approximate surface area is 220 Å². The number of fused-ring (bicyclic) bond motifs is 1. The van der Waals surface area contributed by atoms with E-state index in [0.29, 0.717) is 21.5 Å². The molecule has 35 heavy (non-hydrogen) atoms. The lowest BCUT2D eigenvalue weighted by atomic mass is 9.96. The predicted octanol–water partition coefficient (Wildman–Crippen LogP) is 5.39. The normalized spacial score (nSPS) is 13.5. The minimum atomic E-state index is -0.394. The molecule has 0 fully saturated rings. The molecule has 1 aliphatic rings. The van der Waals surface area contributed by atoms with Gasteiger partial charge in [0.05, 0.1) is 18.4 Å². The molecule has 1 aromatic carbocycles. The van der Waals surface area contributed by atoms with Crippen molar-refractivity contribution in [2.45, 2.75) is 50.3 Å². The number of nitrogens with zero attached hydrogens (tertiary/aromatic N) is 3. The zero-order valence-electron chi connectivity index (χ0n) is 19.6. The highest BCUT2D eigenvalue weighted by Crippen LogP contribution is 2.37. The van der Waals surface area contributed by atoms with E-state index in [1.807, 2.05) is 35.9 Å². The van der Waals surface area contributed by atoms with Gasteiger partial charge in [-0.3, -0.25) is 4.79 Å². The number of halogens is 1. The van der Waals surface area contributed by atoms with Gasteiger partial charge in [0.15, 0.2) is 11.0 Å². The molecule has 1 amide bonds. The summed E-state index contributed by atoms with van der Waals surface area (Å²) in [6, 6.07) is 7.55. The molecule has 0 saturated carbocycles. The first kappa shape index (κ1) is 25.7. The summed E-state index contributed by atoms with van der Waals surface area (Å²) < 4.78 is 13.6. The highest BCUT2D eigenvalue weighted by Gasteiger charge is 2.26. The number of amides is 1. The summed E-state index contributed by atoms with van der Waals surface area (Å²) in [6.07, 6.45) is 6.25. The molecule has 0 saturated heterocycles. The number of aromatic nitrogens is 3. The number of ether oxygens (including phenoxy) is 2. The molecular formula is C24H27BrN4O4S2. The maximum atomic E-state index is 12.8. The maximum Gasteiger partial charge on any atom is 0.341 e. The standard InChI is InChI=1S/C24H27BrN4O4S2/c1-29-19(13-33-16-11-9-15(25)10-12-16)27-28-24(29)34-14-20(30)26-22-21(23(31)32-2)17-7-5-3-4-6-8-18(17)35-22/h9-12H,3-8,13-14H2,1-2H3,(H,26,30). The first-order valence-corrected chi connectivity index (χ1v) is 14.0. The van der Waals surface area contributed by atoms with Gasteiger partial charge < -0.3 is 19.4 Å². The number of carbonyl (C=O) groups is 2. The topological polar surface area (TPSA) is 95.3 Å². The summed E-state index contributed by atoms with van der Waals surface area (Å²) in [7, 11) is 3.22. The van der Waals surface area contributed by atoms with Crippen LogP contribution >= 0.6 is 39.0 Å². The number of hydrogen-bond donors (Lipinski definition) is 1. The van der Waals surface area contributed by atoms with E-state index < -0.39 is 5.97 Å². The van der Waals surface area contributed by atoms with Crippen molar-refractivity contribution in [2.75, 3.05) is 18.2 Å². The average Bonchev–Trinajstić information content (AvgIpc) is 3.35. The fraction of sp³-hybridized carbons (Fsp3) is 0.417. The van der Waals surface area contributed by atoms with Crippen LogP contribution in [-0.4, -0.2) is 39.5 Å². The van der Waals surface area contributed by atoms with Crippen LogP contribution in [-0.2, 0) is 36.0 Å².